The van der Waals surface area contributed by atoms with E-state index in [1.54, 1.807) is 0 Å². The fourth-order valence-electron chi connectivity index (χ4n) is 5.99. The molecule has 1 heterocycles. The highest BCUT2D eigenvalue weighted by Gasteiger charge is 2.34. The van der Waals surface area contributed by atoms with Crippen LogP contribution >= 0.6 is 0 Å². The van der Waals surface area contributed by atoms with Crippen molar-refractivity contribution in [3.05, 3.63) is 94.0 Å². The largest absolute Gasteiger partial charge is 0.350 e. The first kappa shape index (κ1) is 23.2. The minimum absolute atomic E-state index is 0.266. The molecule has 2 atom stereocenters. The highest BCUT2D eigenvalue weighted by Crippen LogP contribution is 2.27. The number of rotatable bonds is 6. The maximum atomic E-state index is 12.4. The summed E-state index contributed by atoms with van der Waals surface area (Å²) in [5.41, 5.74) is 4.71. The molecule has 5 nitrogen and oxygen atoms in total. The molecule has 2 aliphatic rings. The van der Waals surface area contributed by atoms with Gasteiger partial charge in [0, 0.05) is 30.7 Å². The predicted molar refractivity (Wildman–Crippen MR) is 147 cm³/mol. The molecule has 0 saturated carbocycles. The number of para-hydroxylation sites is 1. The fraction of sp³-hybridized carbons (Fsp3) is 0.267. The summed E-state index contributed by atoms with van der Waals surface area (Å²) in [4.78, 5) is 0. The van der Waals surface area contributed by atoms with Crippen LogP contribution in [0, 0.1) is 5.92 Å². The van der Waals surface area contributed by atoms with E-state index in [0.717, 1.165) is 22.6 Å². The Labute approximate surface area is 211 Å². The summed E-state index contributed by atoms with van der Waals surface area (Å²) in [7, 11) is -2.13. The highest BCUT2D eigenvalue weighted by molar-refractivity contribution is 7.86. The molecular formula is C30H30N2O3S. The van der Waals surface area contributed by atoms with Crippen molar-refractivity contribution in [2.45, 2.75) is 31.1 Å². The van der Waals surface area contributed by atoms with E-state index in [-0.39, 0.29) is 5.92 Å². The van der Waals surface area contributed by atoms with Crippen LogP contribution in [-0.4, -0.2) is 29.3 Å². The van der Waals surface area contributed by atoms with Gasteiger partial charge in [-0.2, -0.15) is 8.42 Å². The Morgan fingerprint density at radius 1 is 1.00 bits per heavy atom. The Bertz CT molecular complexity index is 1750. The molecule has 0 spiro atoms. The monoisotopic (exact) mass is 498 g/mol. The number of allylic oxidation sites excluding steroid dienone is 2. The molecule has 0 amide bonds. The van der Waals surface area contributed by atoms with Gasteiger partial charge < -0.3 is 9.88 Å². The van der Waals surface area contributed by atoms with E-state index in [4.69, 9.17) is 0 Å². The number of fused-ring (bicyclic) bond motifs is 6. The molecule has 0 saturated heterocycles. The lowest BCUT2D eigenvalue weighted by Crippen LogP contribution is -2.38. The molecule has 1 aromatic heterocycles. The van der Waals surface area contributed by atoms with Crippen LogP contribution in [0.3, 0.4) is 0 Å². The Balaban J connectivity index is 1.30. The number of aryl methyl sites for hydroxylation is 1. The first-order valence-electron chi connectivity index (χ1n) is 12.5. The van der Waals surface area contributed by atoms with Gasteiger partial charge in [-0.1, -0.05) is 66.8 Å². The van der Waals surface area contributed by atoms with Crippen molar-refractivity contribution in [1.82, 2.24) is 9.88 Å². The first-order valence-corrected chi connectivity index (χ1v) is 14.0. The summed E-state index contributed by atoms with van der Waals surface area (Å²) >= 11 is 0. The Kier molecular flexibility index (Phi) is 5.83. The maximum Gasteiger partial charge on any atom is 0.268 e. The maximum absolute atomic E-state index is 12.4. The molecule has 2 unspecified atom stereocenters. The van der Waals surface area contributed by atoms with E-state index in [1.165, 1.54) is 32.6 Å². The zero-order valence-electron chi connectivity index (χ0n) is 20.3. The Morgan fingerprint density at radius 3 is 2.61 bits per heavy atom. The van der Waals surface area contributed by atoms with E-state index in [0.29, 0.717) is 25.9 Å². The minimum atomic E-state index is -4.18. The molecule has 0 radical (unpaired) electrons. The van der Waals surface area contributed by atoms with Gasteiger partial charge in [0.1, 0.15) is 0 Å². The standard InChI is InChI=1S/C30H30N2O3S/c1-32-19-23(25-8-4-5-9-29(25)32)18-31-15-14-22-16-28-21(17-30(22)36(33,34)35)11-13-26-24-7-3-2-6-20(24)10-12-27(26)28/h2-5,7-13,16,19,22,30-31H,6,14-15,17-18H2,1H3,(H,33,34,35). The molecule has 6 rings (SSSR count). The van der Waals surface area contributed by atoms with Crippen molar-refractivity contribution in [1.29, 1.82) is 0 Å². The number of nitrogens with zero attached hydrogens (tertiary/aromatic N) is 1. The summed E-state index contributed by atoms with van der Waals surface area (Å²) in [6.07, 6.45) is 12.5. The van der Waals surface area contributed by atoms with E-state index in [1.807, 2.05) is 25.2 Å². The lowest BCUT2D eigenvalue weighted by molar-refractivity contribution is 0.434. The van der Waals surface area contributed by atoms with E-state index < -0.39 is 15.4 Å². The second-order valence-corrected chi connectivity index (χ2v) is 11.6. The SMILES string of the molecule is Cn1cc(CNCCC2C=c3c(ccc4c5c(ccc34)CC=CC=5)CC2S(=O)(=O)O)c2ccccc21. The second-order valence-electron chi connectivity index (χ2n) is 10.0. The number of aromatic nitrogens is 1. The first-order chi connectivity index (χ1) is 17.4. The molecule has 0 bridgehead atoms. The second kappa shape index (κ2) is 9.04. The third-order valence-corrected chi connectivity index (χ3v) is 9.09. The molecule has 6 heteroatoms. The van der Waals surface area contributed by atoms with Gasteiger partial charge >= 0.3 is 0 Å². The summed E-state index contributed by atoms with van der Waals surface area (Å²) in [6.45, 7) is 1.37. The quantitative estimate of drug-likeness (QED) is 0.315. The van der Waals surface area contributed by atoms with E-state index in [9.17, 15) is 13.0 Å². The van der Waals surface area contributed by atoms with Gasteiger partial charge in [-0.3, -0.25) is 4.55 Å². The smallest absolute Gasteiger partial charge is 0.268 e. The van der Waals surface area contributed by atoms with Crippen LogP contribution in [0.2, 0.25) is 0 Å². The normalized spacial score (nSPS) is 19.1. The van der Waals surface area contributed by atoms with Crippen LogP contribution in [0.5, 0.6) is 0 Å². The lowest BCUT2D eigenvalue weighted by Gasteiger charge is -2.27. The number of benzene rings is 3. The third kappa shape index (κ3) is 4.09. The predicted octanol–water partition coefficient (Wildman–Crippen LogP) is 3.61. The Morgan fingerprint density at radius 2 is 1.78 bits per heavy atom. The minimum Gasteiger partial charge on any atom is -0.350 e. The van der Waals surface area contributed by atoms with Gasteiger partial charge in [-0.15, -0.1) is 0 Å². The Hall–Kier alpha value is -3.19. The van der Waals surface area contributed by atoms with Crippen molar-refractivity contribution >= 4 is 43.9 Å². The highest BCUT2D eigenvalue weighted by atomic mass is 32.2. The third-order valence-electron chi connectivity index (χ3n) is 7.81. The van der Waals surface area contributed by atoms with Gasteiger partial charge in [0.2, 0.25) is 0 Å². The van der Waals surface area contributed by atoms with E-state index >= 15 is 0 Å². The molecule has 0 fully saturated rings. The molecule has 0 aliphatic heterocycles. The topological polar surface area (TPSA) is 71.3 Å². The van der Waals surface area contributed by atoms with Gasteiger partial charge in [0.05, 0.1) is 5.25 Å². The number of hydrogen-bond acceptors (Lipinski definition) is 3. The van der Waals surface area contributed by atoms with Crippen LogP contribution in [-0.2, 0) is 36.6 Å². The summed E-state index contributed by atoms with van der Waals surface area (Å²) in [5, 5.41) is 8.61. The van der Waals surface area contributed by atoms with Crippen molar-refractivity contribution in [3.8, 4) is 0 Å². The molecule has 2 N–H and O–H groups in total. The number of hydrogen-bond donors (Lipinski definition) is 2. The summed E-state index contributed by atoms with van der Waals surface area (Å²) in [6, 6.07) is 16.8. The number of nitrogens with one attached hydrogen (secondary N) is 1. The summed E-state index contributed by atoms with van der Waals surface area (Å²) < 4.78 is 36.9. The van der Waals surface area contributed by atoms with Crippen LogP contribution in [0.15, 0.2) is 66.9 Å². The van der Waals surface area contributed by atoms with Gasteiger partial charge in [0.15, 0.2) is 0 Å². The van der Waals surface area contributed by atoms with Crippen LogP contribution in [0.25, 0.3) is 33.8 Å². The molecule has 3 aromatic carbocycles. The van der Waals surface area contributed by atoms with Gasteiger partial charge in [-0.05, 0) is 75.7 Å². The fourth-order valence-corrected chi connectivity index (χ4v) is 7.04. The van der Waals surface area contributed by atoms with Gasteiger partial charge in [-0.25, -0.2) is 0 Å². The van der Waals surface area contributed by atoms with Crippen LogP contribution < -0.4 is 15.8 Å². The zero-order chi connectivity index (χ0) is 24.9. The van der Waals surface area contributed by atoms with Gasteiger partial charge in [0.25, 0.3) is 10.1 Å². The molecular weight excluding hydrogens is 468 g/mol. The van der Waals surface area contributed by atoms with Crippen LogP contribution in [0.4, 0.5) is 0 Å². The van der Waals surface area contributed by atoms with Crippen molar-refractivity contribution < 1.29 is 13.0 Å². The average Bonchev–Trinajstić information content (AvgIpc) is 3.20. The summed E-state index contributed by atoms with van der Waals surface area (Å²) in [5.74, 6) is -0.266. The lowest BCUT2D eigenvalue weighted by atomic mass is 9.85. The van der Waals surface area contributed by atoms with Crippen LogP contribution in [0.1, 0.15) is 23.1 Å². The zero-order valence-corrected chi connectivity index (χ0v) is 21.1. The molecule has 36 heavy (non-hydrogen) atoms. The molecule has 184 valence electrons. The van der Waals surface area contributed by atoms with Crippen molar-refractivity contribution in [3.63, 3.8) is 0 Å². The van der Waals surface area contributed by atoms with E-state index in [2.05, 4.69) is 70.7 Å². The molecule has 2 aliphatic carbocycles. The van der Waals surface area contributed by atoms with Crippen molar-refractivity contribution in [2.75, 3.05) is 6.54 Å². The van der Waals surface area contributed by atoms with Crippen molar-refractivity contribution in [2.24, 2.45) is 13.0 Å². The average molecular weight is 499 g/mol. The molecule has 4 aromatic rings.